The third-order valence-corrected chi connectivity index (χ3v) is 6.37. The highest BCUT2D eigenvalue weighted by Gasteiger charge is 2.54. The summed E-state index contributed by atoms with van der Waals surface area (Å²) in [6, 6.07) is 0. The lowest BCUT2D eigenvalue weighted by Gasteiger charge is -2.50. The van der Waals surface area contributed by atoms with Crippen molar-refractivity contribution in [2.75, 3.05) is 6.61 Å². The molecule has 0 spiro atoms. The molecule has 0 aromatic rings. The van der Waals surface area contributed by atoms with Crippen molar-refractivity contribution in [2.45, 2.75) is 63.2 Å². The monoisotopic (exact) mass is 398 g/mol. The average molecular weight is 398 g/mol. The summed E-state index contributed by atoms with van der Waals surface area (Å²) < 4.78 is 65.2. The van der Waals surface area contributed by atoms with Gasteiger partial charge in [0.2, 0.25) is 0 Å². The smallest absolute Gasteiger partial charge is 0.456 e. The van der Waals surface area contributed by atoms with Crippen LogP contribution in [0.1, 0.15) is 52.4 Å². The second kappa shape index (κ2) is 7.38. The highest BCUT2D eigenvalue weighted by Crippen LogP contribution is 2.50. The molecule has 4 atom stereocenters. The molecule has 0 saturated heterocycles. The van der Waals surface area contributed by atoms with Gasteiger partial charge in [-0.3, -0.25) is 4.55 Å². The second-order valence-corrected chi connectivity index (χ2v) is 8.84. The SMILES string of the molecule is CCC1(OC(=O)COC(=O)C(F)(F)S(=O)(=O)O)CCC2CC(C)CC1C2. The number of alkyl halides is 2. The van der Waals surface area contributed by atoms with Crippen molar-refractivity contribution in [3.63, 3.8) is 0 Å². The van der Waals surface area contributed by atoms with Crippen molar-refractivity contribution in [3.05, 3.63) is 0 Å². The van der Waals surface area contributed by atoms with E-state index in [0.29, 0.717) is 24.7 Å². The molecule has 0 amide bonds. The Kier molecular flexibility index (Phi) is 5.96. The minimum absolute atomic E-state index is 0.161. The minimum atomic E-state index is -5.97. The second-order valence-electron chi connectivity index (χ2n) is 7.37. The molecule has 2 aliphatic carbocycles. The molecular formula is C16H24F2O7S. The lowest BCUT2D eigenvalue weighted by atomic mass is 9.61. The standard InChI is InChI=1S/C16H24F2O7S/c1-3-15(5-4-11-6-10(2)7-12(15)8-11)25-13(19)9-24-14(20)16(17,18)26(21,22)23/h10-12H,3-9H2,1-2H3,(H,21,22,23). The molecule has 10 heteroatoms. The minimum Gasteiger partial charge on any atom is -0.456 e. The van der Waals surface area contributed by atoms with Crippen molar-refractivity contribution >= 4 is 22.1 Å². The van der Waals surface area contributed by atoms with Gasteiger partial charge in [-0.15, -0.1) is 0 Å². The number of rotatable bonds is 6. The number of fused-ring (bicyclic) bond motifs is 2. The molecule has 26 heavy (non-hydrogen) atoms. The van der Waals surface area contributed by atoms with E-state index in [4.69, 9.17) is 9.29 Å². The molecule has 150 valence electrons. The maximum Gasteiger partial charge on any atom is 0.465 e. The van der Waals surface area contributed by atoms with Crippen molar-refractivity contribution in [1.29, 1.82) is 0 Å². The predicted octanol–water partition coefficient (Wildman–Crippen LogP) is 2.55. The molecule has 2 bridgehead atoms. The van der Waals surface area contributed by atoms with Crippen LogP contribution in [0.5, 0.6) is 0 Å². The largest absolute Gasteiger partial charge is 0.465 e. The molecule has 0 aliphatic heterocycles. The van der Waals surface area contributed by atoms with Gasteiger partial charge in [0.15, 0.2) is 6.61 Å². The van der Waals surface area contributed by atoms with Crippen LogP contribution >= 0.6 is 0 Å². The molecule has 4 unspecified atom stereocenters. The molecule has 0 aromatic carbocycles. The molecular weight excluding hydrogens is 374 g/mol. The van der Waals surface area contributed by atoms with Gasteiger partial charge in [0.1, 0.15) is 5.60 Å². The van der Waals surface area contributed by atoms with Crippen LogP contribution in [0, 0.1) is 17.8 Å². The van der Waals surface area contributed by atoms with Gasteiger partial charge < -0.3 is 9.47 Å². The van der Waals surface area contributed by atoms with E-state index in [2.05, 4.69) is 11.7 Å². The third kappa shape index (κ3) is 4.16. The zero-order valence-electron chi connectivity index (χ0n) is 14.7. The Balaban J connectivity index is 1.99. The van der Waals surface area contributed by atoms with Crippen molar-refractivity contribution in [2.24, 2.45) is 17.8 Å². The fourth-order valence-corrected chi connectivity index (χ4v) is 4.58. The molecule has 2 aliphatic rings. The van der Waals surface area contributed by atoms with Crippen LogP contribution in [0.3, 0.4) is 0 Å². The van der Waals surface area contributed by atoms with E-state index in [9.17, 15) is 26.8 Å². The van der Waals surface area contributed by atoms with Gasteiger partial charge in [-0.05, 0) is 56.3 Å². The first kappa shape index (κ1) is 21.0. The summed E-state index contributed by atoms with van der Waals surface area (Å²) in [4.78, 5) is 23.2. The van der Waals surface area contributed by atoms with Crippen LogP contribution in [0.15, 0.2) is 0 Å². The summed E-state index contributed by atoms with van der Waals surface area (Å²) in [5, 5.41) is -5.13. The Morgan fingerprint density at radius 1 is 1.27 bits per heavy atom. The van der Waals surface area contributed by atoms with Crippen LogP contribution in [0.2, 0.25) is 0 Å². The number of halogens is 2. The van der Waals surface area contributed by atoms with E-state index in [1.807, 2.05) is 6.92 Å². The van der Waals surface area contributed by atoms with Gasteiger partial charge in [-0.2, -0.15) is 17.2 Å². The highest BCUT2D eigenvalue weighted by molar-refractivity contribution is 7.87. The Hall–Kier alpha value is -1.29. The average Bonchev–Trinajstić information content (AvgIpc) is 2.54. The lowest BCUT2D eigenvalue weighted by molar-refractivity contribution is -0.188. The number of carbonyl (C=O) groups is 2. The maximum absolute atomic E-state index is 13.1. The Morgan fingerprint density at radius 3 is 2.50 bits per heavy atom. The molecule has 0 heterocycles. The van der Waals surface area contributed by atoms with E-state index in [0.717, 1.165) is 25.7 Å². The summed E-state index contributed by atoms with van der Waals surface area (Å²) in [5.41, 5.74) is -0.722. The molecule has 2 saturated carbocycles. The lowest BCUT2D eigenvalue weighted by Crippen LogP contribution is -2.49. The van der Waals surface area contributed by atoms with Gasteiger partial charge in [0.25, 0.3) is 0 Å². The van der Waals surface area contributed by atoms with E-state index in [1.54, 1.807) is 0 Å². The molecule has 0 radical (unpaired) electrons. The third-order valence-electron chi connectivity index (χ3n) is 5.56. The topological polar surface area (TPSA) is 107 Å². The van der Waals surface area contributed by atoms with Crippen molar-refractivity contribution in [3.8, 4) is 0 Å². The number of esters is 2. The van der Waals surface area contributed by atoms with Crippen LogP contribution in [-0.2, 0) is 29.2 Å². The number of ether oxygens (including phenoxy) is 2. The molecule has 2 rings (SSSR count). The summed E-state index contributed by atoms with van der Waals surface area (Å²) in [6.45, 7) is 2.88. The van der Waals surface area contributed by atoms with E-state index >= 15 is 0 Å². The molecule has 0 aromatic heterocycles. The summed E-state index contributed by atoms with van der Waals surface area (Å²) in [6.07, 6.45) is 5.10. The van der Waals surface area contributed by atoms with Gasteiger partial charge in [0.05, 0.1) is 0 Å². The van der Waals surface area contributed by atoms with Crippen molar-refractivity contribution < 1.29 is 40.8 Å². The first-order valence-corrected chi connectivity index (χ1v) is 10.1. The predicted molar refractivity (Wildman–Crippen MR) is 85.8 cm³/mol. The number of carbonyl (C=O) groups excluding carboxylic acids is 2. The molecule has 1 N–H and O–H groups in total. The Labute approximate surface area is 151 Å². The highest BCUT2D eigenvalue weighted by atomic mass is 32.2. The molecule has 7 nitrogen and oxygen atoms in total. The Bertz CT molecular complexity index is 662. The van der Waals surface area contributed by atoms with E-state index < -0.39 is 39.5 Å². The normalized spacial score (nSPS) is 32.0. The van der Waals surface area contributed by atoms with Crippen LogP contribution in [0.4, 0.5) is 8.78 Å². The summed E-state index contributed by atoms with van der Waals surface area (Å²) >= 11 is 0. The van der Waals surface area contributed by atoms with Gasteiger partial charge in [-0.1, -0.05) is 13.8 Å². The first-order chi connectivity index (χ1) is 11.9. The fraction of sp³-hybridized carbons (Fsp3) is 0.875. The van der Waals surface area contributed by atoms with Gasteiger partial charge in [-0.25, -0.2) is 9.59 Å². The first-order valence-electron chi connectivity index (χ1n) is 8.65. The van der Waals surface area contributed by atoms with Gasteiger partial charge in [0, 0.05) is 0 Å². The number of hydrogen-bond donors (Lipinski definition) is 1. The maximum atomic E-state index is 13.1. The fourth-order valence-electron chi connectivity index (χ4n) is 4.31. The van der Waals surface area contributed by atoms with Crippen LogP contribution in [0.25, 0.3) is 0 Å². The molecule has 2 fully saturated rings. The van der Waals surface area contributed by atoms with Crippen molar-refractivity contribution in [1.82, 2.24) is 0 Å². The van der Waals surface area contributed by atoms with Crippen LogP contribution in [-0.4, -0.2) is 42.4 Å². The number of hydrogen-bond acceptors (Lipinski definition) is 6. The Morgan fingerprint density at radius 2 is 1.92 bits per heavy atom. The zero-order valence-corrected chi connectivity index (χ0v) is 15.6. The van der Waals surface area contributed by atoms with E-state index in [-0.39, 0.29) is 5.92 Å². The van der Waals surface area contributed by atoms with Gasteiger partial charge >= 0.3 is 27.3 Å². The van der Waals surface area contributed by atoms with E-state index in [1.165, 1.54) is 0 Å². The summed E-state index contributed by atoms with van der Waals surface area (Å²) in [7, 11) is -5.97. The van der Waals surface area contributed by atoms with Crippen LogP contribution < -0.4 is 0 Å². The zero-order chi connectivity index (χ0) is 19.8. The summed E-state index contributed by atoms with van der Waals surface area (Å²) in [5.74, 6) is -2.27. The quantitative estimate of drug-likeness (QED) is 0.541.